The van der Waals surface area contributed by atoms with E-state index in [-0.39, 0.29) is 10.6 Å². The number of benzene rings is 2. The standard InChI is InChI=1S/C20H17N5O2/c26-25(27)18-8-7-16(14-9-10-21-11-15(14)18)22-12-20-23-17-3-1-2-4-19(17)24(20)13-5-6-13/h1-4,7-11,13,22H,5-6,12H2. The third kappa shape index (κ3) is 2.68. The zero-order valence-corrected chi connectivity index (χ0v) is 14.5. The van der Waals surface area contributed by atoms with Gasteiger partial charge in [0, 0.05) is 35.6 Å². The average Bonchev–Trinajstić information content (AvgIpc) is 3.46. The fourth-order valence-corrected chi connectivity index (χ4v) is 3.62. The predicted octanol–water partition coefficient (Wildman–Crippen LogP) is 4.44. The Hall–Kier alpha value is -3.48. The van der Waals surface area contributed by atoms with E-state index in [0.717, 1.165) is 27.9 Å². The summed E-state index contributed by atoms with van der Waals surface area (Å²) in [6, 6.07) is 13.8. The summed E-state index contributed by atoms with van der Waals surface area (Å²) in [6.45, 7) is 0.556. The first-order chi connectivity index (χ1) is 13.2. The van der Waals surface area contributed by atoms with E-state index in [4.69, 9.17) is 4.98 Å². The maximum atomic E-state index is 11.3. The number of rotatable bonds is 5. The molecule has 0 bridgehead atoms. The lowest BCUT2D eigenvalue weighted by Gasteiger charge is -2.12. The fraction of sp³-hybridized carbons (Fsp3) is 0.200. The second kappa shape index (κ2) is 6.05. The first-order valence-electron chi connectivity index (χ1n) is 8.93. The summed E-state index contributed by atoms with van der Waals surface area (Å²) in [5.74, 6) is 0.985. The van der Waals surface area contributed by atoms with Gasteiger partial charge in [0.25, 0.3) is 5.69 Å². The molecular formula is C20H17N5O2. The van der Waals surface area contributed by atoms with Crippen molar-refractivity contribution < 1.29 is 4.92 Å². The fourth-order valence-electron chi connectivity index (χ4n) is 3.62. The van der Waals surface area contributed by atoms with Crippen molar-refractivity contribution in [2.24, 2.45) is 0 Å². The maximum Gasteiger partial charge on any atom is 0.278 e. The molecule has 0 saturated heterocycles. The molecule has 1 aliphatic carbocycles. The summed E-state index contributed by atoms with van der Waals surface area (Å²) in [4.78, 5) is 19.7. The van der Waals surface area contributed by atoms with Crippen LogP contribution in [0.1, 0.15) is 24.7 Å². The number of non-ortho nitro benzene ring substituents is 1. The van der Waals surface area contributed by atoms with E-state index in [2.05, 4.69) is 20.9 Å². The number of nitrogens with one attached hydrogen (secondary N) is 1. The van der Waals surface area contributed by atoms with E-state index in [1.54, 1.807) is 18.3 Å². The molecule has 4 aromatic rings. The summed E-state index contributed by atoms with van der Waals surface area (Å²) < 4.78 is 2.32. The number of anilines is 1. The number of hydrogen-bond donors (Lipinski definition) is 1. The Bertz CT molecular complexity index is 1180. The summed E-state index contributed by atoms with van der Waals surface area (Å²) in [5, 5.41) is 16.0. The Morgan fingerprint density at radius 3 is 2.81 bits per heavy atom. The summed E-state index contributed by atoms with van der Waals surface area (Å²) >= 11 is 0. The van der Waals surface area contributed by atoms with Gasteiger partial charge in [0.15, 0.2) is 0 Å². The minimum Gasteiger partial charge on any atom is -0.377 e. The van der Waals surface area contributed by atoms with E-state index < -0.39 is 0 Å². The van der Waals surface area contributed by atoms with Crippen LogP contribution in [0.15, 0.2) is 54.9 Å². The molecule has 0 unspecified atom stereocenters. The van der Waals surface area contributed by atoms with Gasteiger partial charge < -0.3 is 9.88 Å². The second-order valence-corrected chi connectivity index (χ2v) is 6.78. The Morgan fingerprint density at radius 1 is 1.15 bits per heavy atom. The number of imidazole rings is 1. The van der Waals surface area contributed by atoms with Gasteiger partial charge in [-0.2, -0.15) is 0 Å². The highest BCUT2D eigenvalue weighted by Gasteiger charge is 2.28. The molecule has 1 saturated carbocycles. The lowest BCUT2D eigenvalue weighted by atomic mass is 10.1. The lowest BCUT2D eigenvalue weighted by molar-refractivity contribution is -0.383. The Balaban J connectivity index is 1.52. The minimum atomic E-state index is -0.375. The van der Waals surface area contributed by atoms with Crippen molar-refractivity contribution in [3.05, 3.63) is 70.8 Å². The van der Waals surface area contributed by atoms with Gasteiger partial charge in [0.05, 0.1) is 27.9 Å². The maximum absolute atomic E-state index is 11.3. The van der Waals surface area contributed by atoms with Crippen LogP contribution in [0.3, 0.4) is 0 Å². The average molecular weight is 359 g/mol. The molecule has 0 amide bonds. The number of pyridine rings is 1. The van der Waals surface area contributed by atoms with Gasteiger partial charge in [-0.1, -0.05) is 12.1 Å². The number of hydrogen-bond acceptors (Lipinski definition) is 5. The molecule has 2 aromatic heterocycles. The van der Waals surface area contributed by atoms with Crippen LogP contribution in [0.25, 0.3) is 21.8 Å². The third-order valence-electron chi connectivity index (χ3n) is 5.01. The van der Waals surface area contributed by atoms with Crippen molar-refractivity contribution in [2.75, 3.05) is 5.32 Å². The number of aromatic nitrogens is 3. The van der Waals surface area contributed by atoms with Crippen molar-refractivity contribution >= 4 is 33.2 Å². The van der Waals surface area contributed by atoms with Gasteiger partial charge in [-0.3, -0.25) is 15.1 Å². The minimum absolute atomic E-state index is 0.0638. The Kier molecular flexibility index (Phi) is 3.53. The van der Waals surface area contributed by atoms with Gasteiger partial charge in [-0.25, -0.2) is 4.98 Å². The molecule has 2 heterocycles. The topological polar surface area (TPSA) is 85.9 Å². The second-order valence-electron chi connectivity index (χ2n) is 6.78. The van der Waals surface area contributed by atoms with Gasteiger partial charge in [0.1, 0.15) is 5.82 Å². The van der Waals surface area contributed by atoms with Gasteiger partial charge in [-0.05, 0) is 37.1 Å². The molecule has 5 rings (SSSR count). The third-order valence-corrected chi connectivity index (χ3v) is 5.01. The van der Waals surface area contributed by atoms with Gasteiger partial charge >= 0.3 is 0 Å². The first kappa shape index (κ1) is 15.7. The number of nitro benzene ring substituents is 1. The van der Waals surface area contributed by atoms with Crippen LogP contribution < -0.4 is 5.32 Å². The normalized spacial score (nSPS) is 13.9. The van der Waals surface area contributed by atoms with Crippen molar-refractivity contribution in [1.82, 2.24) is 14.5 Å². The summed E-state index contributed by atoms with van der Waals surface area (Å²) in [5.41, 5.74) is 3.06. The molecule has 2 aromatic carbocycles. The molecule has 134 valence electrons. The molecule has 0 spiro atoms. The molecule has 0 atom stereocenters. The first-order valence-corrected chi connectivity index (χ1v) is 8.93. The largest absolute Gasteiger partial charge is 0.377 e. The molecule has 0 radical (unpaired) electrons. The number of nitrogens with zero attached hydrogens (tertiary/aromatic N) is 4. The highest BCUT2D eigenvalue weighted by atomic mass is 16.6. The smallest absolute Gasteiger partial charge is 0.278 e. The predicted molar refractivity (Wildman–Crippen MR) is 104 cm³/mol. The van der Waals surface area contributed by atoms with Crippen molar-refractivity contribution in [3.8, 4) is 0 Å². The SMILES string of the molecule is O=[N+]([O-])c1ccc(NCc2nc3ccccc3n2C2CC2)c2ccncc12. The highest BCUT2D eigenvalue weighted by Crippen LogP contribution is 2.39. The van der Waals surface area contributed by atoms with Crippen molar-refractivity contribution in [1.29, 1.82) is 0 Å². The van der Waals surface area contributed by atoms with Crippen LogP contribution in [0.4, 0.5) is 11.4 Å². The molecule has 7 nitrogen and oxygen atoms in total. The van der Waals surface area contributed by atoms with Crippen LogP contribution in [-0.4, -0.2) is 19.5 Å². The zero-order valence-electron chi connectivity index (χ0n) is 14.5. The van der Waals surface area contributed by atoms with E-state index in [1.807, 2.05) is 18.2 Å². The number of fused-ring (bicyclic) bond motifs is 2. The Labute approximate surface area is 154 Å². The van der Waals surface area contributed by atoms with E-state index >= 15 is 0 Å². The molecular weight excluding hydrogens is 342 g/mol. The molecule has 1 N–H and O–H groups in total. The summed E-state index contributed by atoms with van der Waals surface area (Å²) in [6.07, 6.45) is 5.55. The van der Waals surface area contributed by atoms with E-state index in [0.29, 0.717) is 18.0 Å². The summed E-state index contributed by atoms with van der Waals surface area (Å²) in [7, 11) is 0. The quantitative estimate of drug-likeness (QED) is 0.420. The number of para-hydroxylation sites is 2. The van der Waals surface area contributed by atoms with Crippen LogP contribution >= 0.6 is 0 Å². The lowest BCUT2D eigenvalue weighted by Crippen LogP contribution is -2.08. The molecule has 1 fully saturated rings. The van der Waals surface area contributed by atoms with Gasteiger partial charge in [-0.15, -0.1) is 0 Å². The number of nitro groups is 1. The molecule has 0 aliphatic heterocycles. The van der Waals surface area contributed by atoms with Crippen molar-refractivity contribution in [2.45, 2.75) is 25.4 Å². The highest BCUT2D eigenvalue weighted by molar-refractivity contribution is 5.99. The van der Waals surface area contributed by atoms with Crippen LogP contribution in [0.2, 0.25) is 0 Å². The van der Waals surface area contributed by atoms with Crippen LogP contribution in [-0.2, 0) is 6.54 Å². The van der Waals surface area contributed by atoms with Crippen LogP contribution in [0, 0.1) is 10.1 Å². The van der Waals surface area contributed by atoms with E-state index in [1.165, 1.54) is 25.1 Å². The molecule has 27 heavy (non-hydrogen) atoms. The van der Waals surface area contributed by atoms with Crippen LogP contribution in [0.5, 0.6) is 0 Å². The molecule has 1 aliphatic rings. The molecule has 7 heteroatoms. The monoisotopic (exact) mass is 359 g/mol. The Morgan fingerprint density at radius 2 is 2.00 bits per heavy atom. The zero-order chi connectivity index (χ0) is 18.4. The van der Waals surface area contributed by atoms with Gasteiger partial charge in [0.2, 0.25) is 0 Å². The van der Waals surface area contributed by atoms with E-state index in [9.17, 15) is 10.1 Å². The van der Waals surface area contributed by atoms with Crippen molar-refractivity contribution in [3.63, 3.8) is 0 Å².